The highest BCUT2D eigenvalue weighted by atomic mass is 16.5. The summed E-state index contributed by atoms with van der Waals surface area (Å²) in [6, 6.07) is 17.2. The molecule has 0 spiro atoms. The molecule has 4 heteroatoms. The summed E-state index contributed by atoms with van der Waals surface area (Å²) in [7, 11) is 0. The number of benzene rings is 2. The second kappa shape index (κ2) is 8.19. The summed E-state index contributed by atoms with van der Waals surface area (Å²) < 4.78 is 5.36. The predicted octanol–water partition coefficient (Wildman–Crippen LogP) is 2.01. The van der Waals surface area contributed by atoms with Crippen molar-refractivity contribution in [1.82, 2.24) is 5.32 Å². The van der Waals surface area contributed by atoms with Crippen molar-refractivity contribution in [2.45, 2.75) is 19.8 Å². The molecular weight excluding hydrogens is 266 g/mol. The van der Waals surface area contributed by atoms with Gasteiger partial charge in [-0.1, -0.05) is 54.6 Å². The van der Waals surface area contributed by atoms with Crippen molar-refractivity contribution in [3.63, 3.8) is 0 Å². The van der Waals surface area contributed by atoms with Crippen molar-refractivity contribution in [2.24, 2.45) is 0 Å². The summed E-state index contributed by atoms with van der Waals surface area (Å²) >= 11 is 0. The maximum absolute atomic E-state index is 11.7. The van der Waals surface area contributed by atoms with E-state index < -0.39 is 0 Å². The molecule has 0 aromatic heterocycles. The van der Waals surface area contributed by atoms with Gasteiger partial charge in [0.15, 0.2) is 0 Å². The first kappa shape index (κ1) is 15.2. The lowest BCUT2D eigenvalue weighted by Gasteiger charge is -2.07. The van der Waals surface area contributed by atoms with E-state index in [9.17, 15) is 4.79 Å². The monoisotopic (exact) mass is 285 g/mol. The van der Waals surface area contributed by atoms with E-state index >= 15 is 0 Å². The van der Waals surface area contributed by atoms with Crippen molar-refractivity contribution in [3.8, 4) is 0 Å². The Morgan fingerprint density at radius 3 is 2.29 bits per heavy atom. The SMILES string of the molecule is O=C(COCc1ccccc1)NCc1ccc(CO)cc1. The van der Waals surface area contributed by atoms with Crippen molar-refractivity contribution >= 4 is 5.91 Å². The lowest BCUT2D eigenvalue weighted by Crippen LogP contribution is -2.27. The standard InChI is InChI=1S/C17H19NO3/c19-11-15-8-6-14(7-9-15)10-18-17(20)13-21-12-16-4-2-1-3-5-16/h1-9,19H,10-13H2,(H,18,20). The van der Waals surface area contributed by atoms with Gasteiger partial charge in [0.1, 0.15) is 6.61 Å². The molecule has 0 atom stereocenters. The number of carbonyl (C=O) groups excluding carboxylic acids is 1. The minimum Gasteiger partial charge on any atom is -0.392 e. The molecule has 0 unspecified atom stereocenters. The zero-order chi connectivity index (χ0) is 14.9. The van der Waals surface area contributed by atoms with Gasteiger partial charge in [-0.3, -0.25) is 4.79 Å². The highest BCUT2D eigenvalue weighted by Gasteiger charge is 2.02. The molecule has 0 aliphatic carbocycles. The topological polar surface area (TPSA) is 58.6 Å². The number of aliphatic hydroxyl groups is 1. The lowest BCUT2D eigenvalue weighted by atomic mass is 10.1. The second-order valence-electron chi connectivity index (χ2n) is 4.73. The predicted molar refractivity (Wildman–Crippen MR) is 80.3 cm³/mol. The van der Waals surface area contributed by atoms with Crippen LogP contribution in [0.25, 0.3) is 0 Å². The van der Waals surface area contributed by atoms with E-state index in [4.69, 9.17) is 9.84 Å². The summed E-state index contributed by atoms with van der Waals surface area (Å²) in [5, 5.41) is 11.7. The minimum absolute atomic E-state index is 0.0277. The molecule has 0 saturated carbocycles. The normalized spacial score (nSPS) is 10.3. The fourth-order valence-electron chi connectivity index (χ4n) is 1.85. The molecule has 110 valence electrons. The van der Waals surface area contributed by atoms with Crippen LogP contribution in [0.15, 0.2) is 54.6 Å². The van der Waals surface area contributed by atoms with Crippen LogP contribution < -0.4 is 5.32 Å². The molecule has 4 nitrogen and oxygen atoms in total. The number of amides is 1. The summed E-state index contributed by atoms with van der Waals surface area (Å²) in [5.74, 6) is -0.142. The van der Waals surface area contributed by atoms with Crippen LogP contribution in [-0.2, 0) is 29.3 Å². The highest BCUT2D eigenvalue weighted by Crippen LogP contribution is 2.04. The van der Waals surface area contributed by atoms with E-state index in [2.05, 4.69) is 5.32 Å². The maximum Gasteiger partial charge on any atom is 0.246 e. The molecule has 0 heterocycles. The van der Waals surface area contributed by atoms with E-state index in [0.29, 0.717) is 13.2 Å². The van der Waals surface area contributed by atoms with E-state index in [1.54, 1.807) is 0 Å². The minimum atomic E-state index is -0.142. The lowest BCUT2D eigenvalue weighted by molar-refractivity contribution is -0.126. The summed E-state index contributed by atoms with van der Waals surface area (Å²) in [6.07, 6.45) is 0. The van der Waals surface area contributed by atoms with Gasteiger partial charge in [-0.15, -0.1) is 0 Å². The van der Waals surface area contributed by atoms with Crippen molar-refractivity contribution < 1.29 is 14.6 Å². The van der Waals surface area contributed by atoms with Gasteiger partial charge in [-0.2, -0.15) is 0 Å². The number of ether oxygens (including phenoxy) is 1. The molecule has 2 aromatic rings. The van der Waals surface area contributed by atoms with Crippen LogP contribution in [0.4, 0.5) is 0 Å². The first-order valence-electron chi connectivity index (χ1n) is 6.85. The molecule has 0 aliphatic heterocycles. The first-order chi connectivity index (χ1) is 10.3. The molecule has 2 rings (SSSR count). The Hall–Kier alpha value is -2.17. The fourth-order valence-corrected chi connectivity index (χ4v) is 1.85. The van der Waals surface area contributed by atoms with Crippen LogP contribution in [0.2, 0.25) is 0 Å². The van der Waals surface area contributed by atoms with Gasteiger partial charge in [0.2, 0.25) is 5.91 Å². The van der Waals surface area contributed by atoms with Gasteiger partial charge >= 0.3 is 0 Å². The Balaban J connectivity index is 1.67. The highest BCUT2D eigenvalue weighted by molar-refractivity contribution is 5.77. The molecule has 21 heavy (non-hydrogen) atoms. The Labute approximate surface area is 124 Å². The van der Waals surface area contributed by atoms with E-state index in [1.807, 2.05) is 54.6 Å². The van der Waals surface area contributed by atoms with Crippen LogP contribution >= 0.6 is 0 Å². The van der Waals surface area contributed by atoms with Gasteiger partial charge in [0.05, 0.1) is 13.2 Å². The van der Waals surface area contributed by atoms with Crippen LogP contribution in [0.1, 0.15) is 16.7 Å². The second-order valence-corrected chi connectivity index (χ2v) is 4.73. The third kappa shape index (κ3) is 5.38. The maximum atomic E-state index is 11.7. The van der Waals surface area contributed by atoms with Crippen LogP contribution in [0, 0.1) is 0 Å². The third-order valence-electron chi connectivity index (χ3n) is 3.04. The number of hydrogen-bond acceptors (Lipinski definition) is 3. The summed E-state index contributed by atoms with van der Waals surface area (Å²) in [5.41, 5.74) is 2.89. The zero-order valence-corrected chi connectivity index (χ0v) is 11.8. The summed E-state index contributed by atoms with van der Waals surface area (Å²) in [4.78, 5) is 11.7. The Morgan fingerprint density at radius 1 is 0.952 bits per heavy atom. The quantitative estimate of drug-likeness (QED) is 0.818. The van der Waals surface area contributed by atoms with Gasteiger partial charge in [-0.05, 0) is 16.7 Å². The molecular formula is C17H19NO3. The third-order valence-corrected chi connectivity index (χ3v) is 3.04. The Bertz CT molecular complexity index is 552. The first-order valence-corrected chi connectivity index (χ1v) is 6.85. The number of nitrogens with one attached hydrogen (secondary N) is 1. The molecule has 0 radical (unpaired) electrons. The largest absolute Gasteiger partial charge is 0.392 e. The van der Waals surface area contributed by atoms with Gasteiger partial charge in [0, 0.05) is 6.54 Å². The van der Waals surface area contributed by atoms with Gasteiger partial charge in [-0.25, -0.2) is 0 Å². The smallest absolute Gasteiger partial charge is 0.246 e. The Kier molecular flexibility index (Phi) is 5.94. The molecule has 1 amide bonds. The van der Waals surface area contributed by atoms with Crippen LogP contribution in [0.5, 0.6) is 0 Å². The zero-order valence-electron chi connectivity index (χ0n) is 11.8. The average molecular weight is 285 g/mol. The number of aliphatic hydroxyl groups excluding tert-OH is 1. The van der Waals surface area contributed by atoms with E-state index in [-0.39, 0.29) is 19.1 Å². The molecule has 2 N–H and O–H groups in total. The van der Waals surface area contributed by atoms with E-state index in [0.717, 1.165) is 16.7 Å². The van der Waals surface area contributed by atoms with E-state index in [1.165, 1.54) is 0 Å². The molecule has 2 aromatic carbocycles. The average Bonchev–Trinajstić information content (AvgIpc) is 2.54. The molecule has 0 aliphatic rings. The molecule has 0 fully saturated rings. The molecule has 0 saturated heterocycles. The number of carbonyl (C=O) groups is 1. The van der Waals surface area contributed by atoms with Crippen molar-refractivity contribution in [3.05, 3.63) is 71.3 Å². The van der Waals surface area contributed by atoms with Crippen molar-refractivity contribution in [2.75, 3.05) is 6.61 Å². The van der Waals surface area contributed by atoms with Crippen LogP contribution in [-0.4, -0.2) is 17.6 Å². The van der Waals surface area contributed by atoms with Crippen molar-refractivity contribution in [1.29, 1.82) is 0 Å². The van der Waals surface area contributed by atoms with Crippen LogP contribution in [0.3, 0.4) is 0 Å². The Morgan fingerprint density at radius 2 is 1.62 bits per heavy atom. The molecule has 0 bridgehead atoms. The number of hydrogen-bond donors (Lipinski definition) is 2. The van der Waals surface area contributed by atoms with Gasteiger partial charge in [0.25, 0.3) is 0 Å². The van der Waals surface area contributed by atoms with Gasteiger partial charge < -0.3 is 15.2 Å². The summed E-state index contributed by atoms with van der Waals surface area (Å²) in [6.45, 7) is 0.961. The fraction of sp³-hybridized carbons (Fsp3) is 0.235. The number of rotatable bonds is 7.